The molecule has 0 aromatic heterocycles. The Bertz CT molecular complexity index is 1560. The third-order valence-corrected chi connectivity index (χ3v) is 8.31. The van der Waals surface area contributed by atoms with Crippen LogP contribution < -0.4 is 9.04 Å². The SMILES string of the molecule is O=C1c2ccc(-c3cc(F)cc(OC(F)F)c3)cc2N(S(=O)(=O)c2cccc(C(F)(F)F)c2)CN1[C@H]1CCOC1. The molecule has 0 radical (unpaired) electrons. The summed E-state index contributed by atoms with van der Waals surface area (Å²) in [6.45, 7) is -3.27. The van der Waals surface area contributed by atoms with Crippen molar-refractivity contribution in [3.05, 3.63) is 77.6 Å². The molecule has 0 spiro atoms. The first kappa shape index (κ1) is 27.8. The fourth-order valence-electron chi connectivity index (χ4n) is 4.65. The van der Waals surface area contributed by atoms with E-state index in [0.29, 0.717) is 19.1 Å². The number of carbonyl (C=O) groups is 1. The molecule has 7 nitrogen and oxygen atoms in total. The topological polar surface area (TPSA) is 76.2 Å². The van der Waals surface area contributed by atoms with E-state index >= 15 is 0 Å². The average Bonchev–Trinajstić information content (AvgIpc) is 3.42. The molecule has 2 aliphatic rings. The quantitative estimate of drug-likeness (QED) is 0.356. The van der Waals surface area contributed by atoms with Crippen LogP contribution in [0.5, 0.6) is 5.75 Å². The van der Waals surface area contributed by atoms with Crippen molar-refractivity contribution in [2.24, 2.45) is 0 Å². The zero-order valence-electron chi connectivity index (χ0n) is 20.4. The van der Waals surface area contributed by atoms with E-state index in [9.17, 15) is 39.6 Å². The van der Waals surface area contributed by atoms with E-state index in [1.165, 1.54) is 23.1 Å². The van der Waals surface area contributed by atoms with Gasteiger partial charge in [0.1, 0.15) is 18.2 Å². The van der Waals surface area contributed by atoms with Crippen LogP contribution in [0.2, 0.25) is 0 Å². The third kappa shape index (κ3) is 5.32. The van der Waals surface area contributed by atoms with Crippen molar-refractivity contribution in [2.75, 3.05) is 24.2 Å². The number of hydrogen-bond donors (Lipinski definition) is 0. The van der Waals surface area contributed by atoms with Crippen LogP contribution >= 0.6 is 0 Å². The fourth-order valence-corrected chi connectivity index (χ4v) is 6.11. The Hall–Kier alpha value is -3.78. The van der Waals surface area contributed by atoms with E-state index < -0.39 is 63.5 Å². The van der Waals surface area contributed by atoms with Crippen molar-refractivity contribution in [3.8, 4) is 16.9 Å². The Morgan fingerprint density at radius 3 is 2.45 bits per heavy atom. The van der Waals surface area contributed by atoms with Crippen LogP contribution in [0.3, 0.4) is 0 Å². The number of fused-ring (bicyclic) bond motifs is 1. The maximum Gasteiger partial charge on any atom is 0.416 e. The number of benzene rings is 3. The molecule has 3 aromatic rings. The lowest BCUT2D eigenvalue weighted by Gasteiger charge is -2.40. The summed E-state index contributed by atoms with van der Waals surface area (Å²) in [5, 5.41) is 0. The predicted molar refractivity (Wildman–Crippen MR) is 130 cm³/mol. The summed E-state index contributed by atoms with van der Waals surface area (Å²) in [6.07, 6.45) is -4.39. The zero-order valence-corrected chi connectivity index (χ0v) is 21.2. The molecule has 5 rings (SSSR count). The summed E-state index contributed by atoms with van der Waals surface area (Å²) in [5.41, 5.74) is -1.24. The lowest BCUT2D eigenvalue weighted by atomic mass is 9.99. The Balaban J connectivity index is 1.64. The molecule has 212 valence electrons. The average molecular weight is 587 g/mol. The lowest BCUT2D eigenvalue weighted by Crippen LogP contribution is -2.53. The first-order valence-electron chi connectivity index (χ1n) is 11.8. The number of halogens is 6. The van der Waals surface area contributed by atoms with Crippen molar-refractivity contribution in [2.45, 2.75) is 30.1 Å². The van der Waals surface area contributed by atoms with Crippen LogP contribution in [0.25, 0.3) is 11.1 Å². The lowest BCUT2D eigenvalue weighted by molar-refractivity contribution is -0.137. The summed E-state index contributed by atoms with van der Waals surface area (Å²) in [7, 11) is -4.67. The molecule has 3 aromatic carbocycles. The summed E-state index contributed by atoms with van der Waals surface area (Å²) < 4.78 is 118. The molecule has 0 bridgehead atoms. The molecule has 1 saturated heterocycles. The Kier molecular flexibility index (Phi) is 7.17. The van der Waals surface area contributed by atoms with Crippen LogP contribution in [0.15, 0.2) is 65.6 Å². The van der Waals surface area contributed by atoms with Gasteiger partial charge in [0.05, 0.1) is 34.4 Å². The number of sulfonamides is 1. The van der Waals surface area contributed by atoms with Crippen LogP contribution in [0, 0.1) is 5.82 Å². The van der Waals surface area contributed by atoms with Crippen molar-refractivity contribution in [1.82, 2.24) is 4.90 Å². The summed E-state index contributed by atoms with van der Waals surface area (Å²) in [6, 6.07) is 9.48. The van der Waals surface area contributed by atoms with E-state index in [-0.39, 0.29) is 29.0 Å². The molecule has 0 N–H and O–H groups in total. The molecule has 1 fully saturated rings. The van der Waals surface area contributed by atoms with Crippen molar-refractivity contribution >= 4 is 21.6 Å². The molecular formula is C26H20F6N2O5S. The van der Waals surface area contributed by atoms with Crippen molar-refractivity contribution in [3.63, 3.8) is 0 Å². The van der Waals surface area contributed by atoms with Gasteiger partial charge >= 0.3 is 12.8 Å². The van der Waals surface area contributed by atoms with Gasteiger partial charge in [-0.2, -0.15) is 22.0 Å². The molecule has 1 atom stereocenters. The smallest absolute Gasteiger partial charge is 0.416 e. The summed E-state index contributed by atoms with van der Waals surface area (Å²) in [4.78, 5) is 14.0. The van der Waals surface area contributed by atoms with Crippen LogP contribution in [0.4, 0.5) is 32.0 Å². The second-order valence-electron chi connectivity index (χ2n) is 9.10. The molecule has 0 saturated carbocycles. The summed E-state index contributed by atoms with van der Waals surface area (Å²) in [5.74, 6) is -1.93. The Labute approximate surface area is 224 Å². The van der Waals surface area contributed by atoms with Gasteiger partial charge in [0.15, 0.2) is 0 Å². The molecule has 2 heterocycles. The molecular weight excluding hydrogens is 566 g/mol. The molecule has 0 unspecified atom stereocenters. The normalized spacial score (nSPS) is 17.9. The van der Waals surface area contributed by atoms with E-state index in [4.69, 9.17) is 4.74 Å². The number of nitrogens with zero attached hydrogens (tertiary/aromatic N) is 2. The first-order chi connectivity index (χ1) is 18.8. The molecule has 2 aliphatic heterocycles. The summed E-state index contributed by atoms with van der Waals surface area (Å²) >= 11 is 0. The number of amides is 1. The number of rotatable bonds is 6. The van der Waals surface area contributed by atoms with E-state index in [1.54, 1.807) is 0 Å². The van der Waals surface area contributed by atoms with Gasteiger partial charge in [0.25, 0.3) is 15.9 Å². The minimum atomic E-state index is -4.81. The second kappa shape index (κ2) is 10.3. The van der Waals surface area contributed by atoms with Crippen LogP contribution in [-0.4, -0.2) is 51.8 Å². The Morgan fingerprint density at radius 2 is 1.77 bits per heavy atom. The maximum atomic E-state index is 14.2. The van der Waals surface area contributed by atoms with Gasteiger partial charge in [-0.25, -0.2) is 17.1 Å². The van der Waals surface area contributed by atoms with Gasteiger partial charge in [-0.3, -0.25) is 4.79 Å². The van der Waals surface area contributed by atoms with Crippen LogP contribution in [-0.2, 0) is 20.9 Å². The van der Waals surface area contributed by atoms with Gasteiger partial charge in [-0.15, -0.1) is 0 Å². The fraction of sp³-hybridized carbons (Fsp3) is 0.269. The van der Waals surface area contributed by atoms with Crippen molar-refractivity contribution in [1.29, 1.82) is 0 Å². The highest BCUT2D eigenvalue weighted by Gasteiger charge is 2.41. The maximum absolute atomic E-state index is 14.2. The third-order valence-electron chi connectivity index (χ3n) is 6.56. The highest BCUT2D eigenvalue weighted by atomic mass is 32.2. The molecule has 1 amide bonds. The van der Waals surface area contributed by atoms with Gasteiger partial charge in [0.2, 0.25) is 0 Å². The minimum absolute atomic E-state index is 0.0361. The number of ether oxygens (including phenoxy) is 2. The van der Waals surface area contributed by atoms with E-state index in [2.05, 4.69) is 4.74 Å². The highest BCUT2D eigenvalue weighted by molar-refractivity contribution is 7.92. The van der Waals surface area contributed by atoms with Gasteiger partial charge in [0, 0.05) is 12.7 Å². The molecule has 14 heteroatoms. The monoisotopic (exact) mass is 586 g/mol. The zero-order chi connectivity index (χ0) is 28.8. The van der Waals surface area contributed by atoms with Gasteiger partial charge in [-0.05, 0) is 60.0 Å². The molecule has 0 aliphatic carbocycles. The highest BCUT2D eigenvalue weighted by Crippen LogP contribution is 2.39. The van der Waals surface area contributed by atoms with Gasteiger partial charge < -0.3 is 14.4 Å². The minimum Gasteiger partial charge on any atom is -0.435 e. The second-order valence-corrected chi connectivity index (χ2v) is 11.0. The van der Waals surface area contributed by atoms with E-state index in [1.807, 2.05) is 0 Å². The van der Waals surface area contributed by atoms with Gasteiger partial charge in [-0.1, -0.05) is 12.1 Å². The number of alkyl halides is 5. The number of carbonyl (C=O) groups excluding carboxylic acids is 1. The molecule has 40 heavy (non-hydrogen) atoms. The number of hydrogen-bond acceptors (Lipinski definition) is 5. The largest absolute Gasteiger partial charge is 0.435 e. The van der Waals surface area contributed by atoms with Crippen molar-refractivity contribution < 1.29 is 49.0 Å². The van der Waals surface area contributed by atoms with E-state index in [0.717, 1.165) is 40.7 Å². The van der Waals surface area contributed by atoms with Crippen LogP contribution in [0.1, 0.15) is 22.3 Å². The standard InChI is InChI=1S/C26H20F6N2O5S/c27-18-8-16(9-20(12-18)39-25(28)29)15-4-5-22-23(10-15)34(14-33(24(22)35)19-6-7-38-13-19)40(36,37)21-3-1-2-17(11-21)26(30,31)32/h1-5,8-12,19,25H,6-7,13-14H2/t19-/m0/s1. The number of anilines is 1. The first-order valence-corrected chi connectivity index (χ1v) is 13.3. The predicted octanol–water partition coefficient (Wildman–Crippen LogP) is 5.51. The Morgan fingerprint density at radius 1 is 1.00 bits per heavy atom.